The lowest BCUT2D eigenvalue weighted by molar-refractivity contribution is -0.123. The van der Waals surface area contributed by atoms with E-state index in [1.165, 1.54) is 5.56 Å². The van der Waals surface area contributed by atoms with E-state index in [9.17, 15) is 9.59 Å². The molecule has 6 nitrogen and oxygen atoms in total. The van der Waals surface area contributed by atoms with Crippen LogP contribution in [0, 0.1) is 0 Å². The van der Waals surface area contributed by atoms with Crippen LogP contribution in [0.2, 0.25) is 0 Å². The molecule has 0 saturated heterocycles. The highest BCUT2D eigenvalue weighted by molar-refractivity contribution is 6.05. The van der Waals surface area contributed by atoms with Crippen molar-refractivity contribution in [1.82, 2.24) is 5.43 Å². The normalized spacial score (nSPS) is 11.2. The third-order valence-electron chi connectivity index (χ3n) is 4.54. The van der Waals surface area contributed by atoms with Gasteiger partial charge < -0.3 is 10.1 Å². The average molecular weight is 403 g/mol. The number of nitrogens with one attached hydrogen (secondary N) is 2. The van der Waals surface area contributed by atoms with E-state index >= 15 is 0 Å². The number of rotatable bonds is 8. The van der Waals surface area contributed by atoms with Crippen LogP contribution in [-0.4, -0.2) is 24.1 Å². The lowest BCUT2D eigenvalue weighted by Gasteiger charge is -2.09. The quantitative estimate of drug-likeness (QED) is 0.435. The second-order valence-corrected chi connectivity index (χ2v) is 6.92. The van der Waals surface area contributed by atoms with Crippen molar-refractivity contribution >= 4 is 34.0 Å². The smallest absolute Gasteiger partial charge is 0.277 e. The molecule has 0 fully saturated rings. The summed E-state index contributed by atoms with van der Waals surface area (Å²) in [7, 11) is 0. The van der Waals surface area contributed by atoms with E-state index in [2.05, 4.69) is 22.8 Å². The first-order valence-corrected chi connectivity index (χ1v) is 9.86. The first-order valence-electron chi connectivity index (χ1n) is 9.86. The Morgan fingerprint density at radius 2 is 1.67 bits per heavy atom. The van der Waals surface area contributed by atoms with Gasteiger partial charge in [0.2, 0.25) is 5.91 Å². The minimum atomic E-state index is -0.391. The number of hydrogen-bond donors (Lipinski definition) is 2. The fourth-order valence-corrected chi connectivity index (χ4v) is 2.96. The van der Waals surface area contributed by atoms with Crippen LogP contribution in [0.1, 0.15) is 25.8 Å². The molecule has 0 aromatic heterocycles. The van der Waals surface area contributed by atoms with Crippen LogP contribution in [0.25, 0.3) is 10.8 Å². The molecular formula is C24H25N3O3. The maximum atomic E-state index is 12.1. The van der Waals surface area contributed by atoms with Crippen molar-refractivity contribution < 1.29 is 14.3 Å². The number of carbonyl (C=O) groups is 2. The van der Waals surface area contributed by atoms with Crippen molar-refractivity contribution in [3.8, 4) is 5.75 Å². The number of carbonyl (C=O) groups excluding carboxylic acids is 2. The SMILES string of the molecule is CCc1ccc(NC(=O)CC(C)=NNC(=O)COc2cccc3ccccc23)cc1. The molecule has 6 heteroatoms. The van der Waals surface area contributed by atoms with Gasteiger partial charge in [-0.1, -0.05) is 55.5 Å². The lowest BCUT2D eigenvalue weighted by Crippen LogP contribution is -2.26. The van der Waals surface area contributed by atoms with Crippen molar-refractivity contribution in [3.63, 3.8) is 0 Å². The van der Waals surface area contributed by atoms with Gasteiger partial charge >= 0.3 is 0 Å². The van der Waals surface area contributed by atoms with Gasteiger partial charge in [-0.05, 0) is 42.5 Å². The Hall–Kier alpha value is -3.67. The van der Waals surface area contributed by atoms with Crippen LogP contribution in [0.5, 0.6) is 5.75 Å². The van der Waals surface area contributed by atoms with Gasteiger partial charge in [0.15, 0.2) is 6.61 Å². The molecule has 0 aliphatic rings. The summed E-state index contributed by atoms with van der Waals surface area (Å²) in [5.41, 5.74) is 4.87. The van der Waals surface area contributed by atoms with Crippen LogP contribution < -0.4 is 15.5 Å². The number of hydrazone groups is 1. The molecule has 30 heavy (non-hydrogen) atoms. The third-order valence-corrected chi connectivity index (χ3v) is 4.54. The van der Waals surface area contributed by atoms with Gasteiger partial charge in [-0.2, -0.15) is 5.10 Å². The zero-order valence-corrected chi connectivity index (χ0v) is 17.1. The molecule has 0 spiro atoms. The highest BCUT2D eigenvalue weighted by Gasteiger charge is 2.07. The predicted molar refractivity (Wildman–Crippen MR) is 120 cm³/mol. The zero-order chi connectivity index (χ0) is 21.3. The van der Waals surface area contributed by atoms with Crippen LogP contribution in [0.15, 0.2) is 71.8 Å². The molecule has 0 saturated carbocycles. The fourth-order valence-electron chi connectivity index (χ4n) is 2.96. The first kappa shape index (κ1) is 21.0. The monoisotopic (exact) mass is 403 g/mol. The highest BCUT2D eigenvalue weighted by Crippen LogP contribution is 2.24. The molecule has 0 heterocycles. The van der Waals surface area contributed by atoms with Gasteiger partial charge in [0.05, 0.1) is 6.42 Å². The van der Waals surface area contributed by atoms with Crippen molar-refractivity contribution in [1.29, 1.82) is 0 Å². The van der Waals surface area contributed by atoms with Gasteiger partial charge in [0.1, 0.15) is 5.75 Å². The molecule has 3 aromatic carbocycles. The first-order chi connectivity index (χ1) is 14.5. The van der Waals surface area contributed by atoms with Crippen molar-refractivity contribution in [2.24, 2.45) is 5.10 Å². The van der Waals surface area contributed by atoms with Crippen LogP contribution in [0.4, 0.5) is 5.69 Å². The number of anilines is 1. The van der Waals surface area contributed by atoms with Crippen molar-refractivity contribution in [2.75, 3.05) is 11.9 Å². The van der Waals surface area contributed by atoms with E-state index in [0.717, 1.165) is 22.9 Å². The number of amides is 2. The maximum Gasteiger partial charge on any atom is 0.277 e. The molecule has 0 unspecified atom stereocenters. The van der Waals surface area contributed by atoms with Gasteiger partial charge in [0.25, 0.3) is 5.91 Å². The van der Waals surface area contributed by atoms with Crippen molar-refractivity contribution in [3.05, 3.63) is 72.3 Å². The number of nitrogens with zero attached hydrogens (tertiary/aromatic N) is 1. The minimum Gasteiger partial charge on any atom is -0.483 e. The van der Waals surface area contributed by atoms with E-state index in [1.54, 1.807) is 6.92 Å². The Balaban J connectivity index is 1.47. The molecule has 3 aromatic rings. The van der Waals surface area contributed by atoms with Gasteiger partial charge in [-0.15, -0.1) is 0 Å². The molecule has 0 aliphatic heterocycles. The Morgan fingerprint density at radius 3 is 2.43 bits per heavy atom. The molecule has 2 amide bonds. The largest absolute Gasteiger partial charge is 0.483 e. The Labute approximate surface area is 175 Å². The number of benzene rings is 3. The summed E-state index contributed by atoms with van der Waals surface area (Å²) in [6, 6.07) is 21.2. The van der Waals surface area contributed by atoms with Gasteiger partial charge in [-0.25, -0.2) is 5.43 Å². The van der Waals surface area contributed by atoms with E-state index in [1.807, 2.05) is 66.7 Å². The second-order valence-electron chi connectivity index (χ2n) is 6.92. The van der Waals surface area contributed by atoms with Gasteiger partial charge in [0, 0.05) is 16.8 Å². The number of fused-ring (bicyclic) bond motifs is 1. The van der Waals surface area contributed by atoms with E-state index in [0.29, 0.717) is 11.5 Å². The fraction of sp³-hybridized carbons (Fsp3) is 0.208. The number of ether oxygens (including phenoxy) is 1. The molecule has 0 atom stereocenters. The van der Waals surface area contributed by atoms with Crippen LogP contribution in [0.3, 0.4) is 0 Å². The predicted octanol–water partition coefficient (Wildman–Crippen LogP) is 4.30. The number of hydrogen-bond acceptors (Lipinski definition) is 4. The van der Waals surface area contributed by atoms with Crippen LogP contribution in [-0.2, 0) is 16.0 Å². The summed E-state index contributed by atoms with van der Waals surface area (Å²) < 4.78 is 5.63. The number of aryl methyl sites for hydroxylation is 1. The van der Waals surface area contributed by atoms with E-state index in [-0.39, 0.29) is 18.9 Å². The standard InChI is InChI=1S/C24H25N3O3/c1-3-18-11-13-20(14-12-18)25-23(28)15-17(2)26-27-24(29)16-30-22-10-6-8-19-7-4-5-9-21(19)22/h4-14H,3,15-16H2,1-2H3,(H,25,28)(H,27,29). The van der Waals surface area contributed by atoms with Crippen LogP contribution >= 0.6 is 0 Å². The summed E-state index contributed by atoms with van der Waals surface area (Å²) in [6.45, 7) is 3.60. The molecule has 154 valence electrons. The average Bonchev–Trinajstić information content (AvgIpc) is 2.76. The zero-order valence-electron chi connectivity index (χ0n) is 17.1. The summed E-state index contributed by atoms with van der Waals surface area (Å²) in [5.74, 6) is 0.0528. The third kappa shape index (κ3) is 5.91. The summed E-state index contributed by atoms with van der Waals surface area (Å²) in [4.78, 5) is 24.2. The molecular weight excluding hydrogens is 378 g/mol. The molecule has 0 bridgehead atoms. The Morgan fingerprint density at radius 1 is 0.933 bits per heavy atom. The van der Waals surface area contributed by atoms with E-state index in [4.69, 9.17) is 4.74 Å². The topological polar surface area (TPSA) is 79.8 Å². The summed E-state index contributed by atoms with van der Waals surface area (Å²) >= 11 is 0. The van der Waals surface area contributed by atoms with E-state index < -0.39 is 5.91 Å². The molecule has 3 rings (SSSR count). The Bertz CT molecular complexity index is 1050. The summed E-state index contributed by atoms with van der Waals surface area (Å²) in [6.07, 6.45) is 1.03. The summed E-state index contributed by atoms with van der Waals surface area (Å²) in [5, 5.41) is 8.78. The second kappa shape index (κ2) is 10.2. The maximum absolute atomic E-state index is 12.1. The highest BCUT2D eigenvalue weighted by atomic mass is 16.5. The molecule has 0 aliphatic carbocycles. The van der Waals surface area contributed by atoms with Gasteiger partial charge in [-0.3, -0.25) is 9.59 Å². The Kier molecular flexibility index (Phi) is 7.16. The van der Waals surface area contributed by atoms with Crippen molar-refractivity contribution in [2.45, 2.75) is 26.7 Å². The minimum absolute atomic E-state index is 0.0833. The lowest BCUT2D eigenvalue weighted by atomic mass is 10.1. The molecule has 0 radical (unpaired) electrons. The molecule has 2 N–H and O–H groups in total.